The molecule has 3 rings (SSSR count). The van der Waals surface area contributed by atoms with Gasteiger partial charge < -0.3 is 5.11 Å². The monoisotopic (exact) mass is 275 g/mol. The van der Waals surface area contributed by atoms with Crippen molar-refractivity contribution in [1.29, 1.82) is 0 Å². The highest BCUT2D eigenvalue weighted by Crippen LogP contribution is 2.21. The number of hydrogen-bond donors (Lipinski definition) is 1. The largest absolute Gasteiger partial charge is 0.480 e. The van der Waals surface area contributed by atoms with Crippen molar-refractivity contribution in [3.63, 3.8) is 0 Å². The Balaban J connectivity index is 1.75. The van der Waals surface area contributed by atoms with Crippen LogP contribution in [0.2, 0.25) is 0 Å². The van der Waals surface area contributed by atoms with Gasteiger partial charge in [0.05, 0.1) is 6.20 Å². The molecule has 2 heterocycles. The van der Waals surface area contributed by atoms with E-state index in [1.165, 1.54) is 10.7 Å². The summed E-state index contributed by atoms with van der Waals surface area (Å²) in [7, 11) is 0. The van der Waals surface area contributed by atoms with Crippen molar-refractivity contribution in [1.82, 2.24) is 14.7 Å². The number of aromatic nitrogens is 2. The number of halogens is 1. The SMILES string of the molecule is O=C(O)C1CCN1Cc1cnn(-c2ccccc2F)c1. The van der Waals surface area contributed by atoms with Crippen molar-refractivity contribution < 1.29 is 14.3 Å². The zero-order chi connectivity index (χ0) is 14.1. The number of rotatable bonds is 4. The molecule has 1 aliphatic rings. The van der Waals surface area contributed by atoms with Crippen molar-refractivity contribution in [2.45, 2.75) is 19.0 Å². The van der Waals surface area contributed by atoms with Crippen molar-refractivity contribution >= 4 is 5.97 Å². The van der Waals surface area contributed by atoms with Crippen LogP contribution in [0.4, 0.5) is 4.39 Å². The smallest absolute Gasteiger partial charge is 0.320 e. The molecule has 1 saturated heterocycles. The van der Waals surface area contributed by atoms with Crippen LogP contribution in [0.15, 0.2) is 36.7 Å². The van der Waals surface area contributed by atoms with E-state index in [9.17, 15) is 9.18 Å². The van der Waals surface area contributed by atoms with Crippen molar-refractivity contribution in [3.05, 3.63) is 48.0 Å². The van der Waals surface area contributed by atoms with Gasteiger partial charge in [-0.2, -0.15) is 5.10 Å². The summed E-state index contributed by atoms with van der Waals surface area (Å²) in [5.74, 6) is -1.13. The van der Waals surface area contributed by atoms with E-state index in [-0.39, 0.29) is 5.82 Å². The number of likely N-dealkylation sites (tertiary alicyclic amines) is 1. The first-order chi connectivity index (χ1) is 9.65. The second-order valence-corrected chi connectivity index (χ2v) is 4.86. The third-order valence-corrected chi connectivity index (χ3v) is 3.54. The fraction of sp³-hybridized carbons (Fsp3) is 0.286. The molecule has 1 fully saturated rings. The predicted molar refractivity (Wildman–Crippen MR) is 70.0 cm³/mol. The molecule has 6 heteroatoms. The summed E-state index contributed by atoms with van der Waals surface area (Å²) < 4.78 is 15.1. The molecule has 1 unspecified atom stereocenters. The Hall–Kier alpha value is -2.21. The summed E-state index contributed by atoms with van der Waals surface area (Å²) in [6.45, 7) is 1.28. The van der Waals surface area contributed by atoms with Gasteiger partial charge in [-0.3, -0.25) is 9.69 Å². The van der Waals surface area contributed by atoms with Crippen molar-refractivity contribution in [3.8, 4) is 5.69 Å². The van der Waals surface area contributed by atoms with E-state index >= 15 is 0 Å². The normalized spacial score (nSPS) is 18.8. The Bertz CT molecular complexity index is 641. The maximum Gasteiger partial charge on any atom is 0.320 e. The van der Waals surface area contributed by atoms with E-state index in [1.807, 2.05) is 4.90 Å². The van der Waals surface area contributed by atoms with E-state index in [0.717, 1.165) is 12.1 Å². The Labute approximate surface area is 115 Å². The number of nitrogens with zero attached hydrogens (tertiary/aromatic N) is 3. The minimum Gasteiger partial charge on any atom is -0.480 e. The second kappa shape index (κ2) is 5.05. The number of hydrogen-bond acceptors (Lipinski definition) is 3. The average molecular weight is 275 g/mol. The number of carboxylic acid groups (broad SMARTS) is 1. The topological polar surface area (TPSA) is 58.4 Å². The van der Waals surface area contributed by atoms with Crippen LogP contribution in [0.3, 0.4) is 0 Å². The molecule has 2 aromatic rings. The van der Waals surface area contributed by atoms with Gasteiger partial charge in [0, 0.05) is 24.8 Å². The van der Waals surface area contributed by atoms with Gasteiger partial charge in [-0.15, -0.1) is 0 Å². The second-order valence-electron chi connectivity index (χ2n) is 4.86. The molecule has 0 radical (unpaired) electrons. The maximum atomic E-state index is 13.6. The first kappa shape index (κ1) is 12.8. The van der Waals surface area contributed by atoms with Crippen LogP contribution in [-0.4, -0.2) is 38.3 Å². The molecule has 0 amide bonds. The molecule has 5 nitrogen and oxygen atoms in total. The van der Waals surface area contributed by atoms with Gasteiger partial charge in [0.15, 0.2) is 0 Å². The summed E-state index contributed by atoms with van der Waals surface area (Å²) in [5, 5.41) is 13.1. The van der Waals surface area contributed by atoms with Crippen LogP contribution >= 0.6 is 0 Å². The van der Waals surface area contributed by atoms with E-state index in [4.69, 9.17) is 5.11 Å². The number of carbonyl (C=O) groups is 1. The standard InChI is InChI=1S/C14H14FN3O2/c15-11-3-1-2-4-12(11)18-9-10(7-16-18)8-17-6-5-13(17)14(19)20/h1-4,7,9,13H,5-6,8H2,(H,19,20). The lowest BCUT2D eigenvalue weighted by molar-refractivity contribution is -0.148. The lowest BCUT2D eigenvalue weighted by Crippen LogP contribution is -2.51. The van der Waals surface area contributed by atoms with Crippen LogP contribution < -0.4 is 0 Å². The maximum absolute atomic E-state index is 13.6. The fourth-order valence-corrected chi connectivity index (χ4v) is 2.36. The predicted octanol–water partition coefficient (Wildman–Crippen LogP) is 1.67. The van der Waals surface area contributed by atoms with E-state index < -0.39 is 12.0 Å². The zero-order valence-electron chi connectivity index (χ0n) is 10.7. The molecule has 0 saturated carbocycles. The first-order valence-electron chi connectivity index (χ1n) is 6.40. The van der Waals surface area contributed by atoms with Gasteiger partial charge in [-0.05, 0) is 18.6 Å². The quantitative estimate of drug-likeness (QED) is 0.922. The van der Waals surface area contributed by atoms with Crippen LogP contribution in [0.1, 0.15) is 12.0 Å². The van der Waals surface area contributed by atoms with E-state index in [0.29, 0.717) is 18.7 Å². The van der Waals surface area contributed by atoms with Gasteiger partial charge in [0.1, 0.15) is 17.5 Å². The molecular formula is C14H14FN3O2. The lowest BCUT2D eigenvalue weighted by atomic mass is 10.0. The molecule has 1 aromatic heterocycles. The third kappa shape index (κ3) is 2.30. The molecule has 1 aromatic carbocycles. The van der Waals surface area contributed by atoms with Gasteiger partial charge in [0.2, 0.25) is 0 Å². The minimum absolute atomic E-state index is 0.338. The Morgan fingerprint density at radius 2 is 2.25 bits per heavy atom. The number of benzene rings is 1. The summed E-state index contributed by atoms with van der Waals surface area (Å²) in [6.07, 6.45) is 4.05. The highest BCUT2D eigenvalue weighted by Gasteiger charge is 2.33. The molecule has 0 bridgehead atoms. The molecule has 1 atom stereocenters. The highest BCUT2D eigenvalue weighted by atomic mass is 19.1. The third-order valence-electron chi connectivity index (χ3n) is 3.54. The Morgan fingerprint density at radius 3 is 2.90 bits per heavy atom. The molecule has 104 valence electrons. The van der Waals surface area contributed by atoms with E-state index in [1.54, 1.807) is 30.6 Å². The van der Waals surface area contributed by atoms with Crippen LogP contribution in [0.25, 0.3) is 5.69 Å². The van der Waals surface area contributed by atoms with E-state index in [2.05, 4.69) is 5.10 Å². The average Bonchev–Trinajstić information content (AvgIpc) is 2.83. The first-order valence-corrected chi connectivity index (χ1v) is 6.40. The molecule has 1 N–H and O–H groups in total. The Morgan fingerprint density at radius 1 is 1.45 bits per heavy atom. The fourth-order valence-electron chi connectivity index (χ4n) is 2.36. The van der Waals surface area contributed by atoms with Gasteiger partial charge in [-0.1, -0.05) is 12.1 Å². The molecule has 0 aliphatic carbocycles. The number of aliphatic carboxylic acids is 1. The Kier molecular flexibility index (Phi) is 3.23. The number of carboxylic acids is 1. The van der Waals surface area contributed by atoms with Crippen LogP contribution in [-0.2, 0) is 11.3 Å². The van der Waals surface area contributed by atoms with Gasteiger partial charge in [-0.25, -0.2) is 9.07 Å². The van der Waals surface area contributed by atoms with Gasteiger partial charge in [0.25, 0.3) is 0 Å². The molecule has 1 aliphatic heterocycles. The lowest BCUT2D eigenvalue weighted by Gasteiger charge is -2.37. The minimum atomic E-state index is -0.794. The van der Waals surface area contributed by atoms with Crippen molar-refractivity contribution in [2.24, 2.45) is 0 Å². The van der Waals surface area contributed by atoms with Crippen LogP contribution in [0, 0.1) is 5.82 Å². The van der Waals surface area contributed by atoms with Gasteiger partial charge >= 0.3 is 5.97 Å². The summed E-state index contributed by atoms with van der Waals surface area (Å²) in [6, 6.07) is 5.99. The molecule has 20 heavy (non-hydrogen) atoms. The van der Waals surface area contributed by atoms with Crippen LogP contribution in [0.5, 0.6) is 0 Å². The van der Waals surface area contributed by atoms with Crippen molar-refractivity contribution in [2.75, 3.05) is 6.54 Å². The number of para-hydroxylation sites is 1. The highest BCUT2D eigenvalue weighted by molar-refractivity contribution is 5.74. The zero-order valence-corrected chi connectivity index (χ0v) is 10.7. The summed E-state index contributed by atoms with van der Waals surface area (Å²) in [5.41, 5.74) is 1.26. The summed E-state index contributed by atoms with van der Waals surface area (Å²) >= 11 is 0. The summed E-state index contributed by atoms with van der Waals surface area (Å²) in [4.78, 5) is 12.8. The molecule has 0 spiro atoms. The molecular weight excluding hydrogens is 261 g/mol.